The first kappa shape index (κ1) is 18.5. The van der Waals surface area contributed by atoms with E-state index in [2.05, 4.69) is 16.7 Å². The van der Waals surface area contributed by atoms with Crippen molar-refractivity contribution in [3.8, 4) is 5.75 Å². The van der Waals surface area contributed by atoms with Crippen LogP contribution in [0.25, 0.3) is 0 Å². The van der Waals surface area contributed by atoms with Gasteiger partial charge in [0, 0.05) is 5.69 Å². The predicted molar refractivity (Wildman–Crippen MR) is 111 cm³/mol. The maximum absolute atomic E-state index is 12.3. The number of amides is 1. The minimum absolute atomic E-state index is 0.0399. The molecule has 0 aromatic heterocycles. The highest BCUT2D eigenvalue weighted by molar-refractivity contribution is 5.95. The molecule has 3 rings (SSSR count). The zero-order chi connectivity index (χ0) is 19.2. The summed E-state index contributed by atoms with van der Waals surface area (Å²) >= 11 is 0. The van der Waals surface area contributed by atoms with E-state index in [9.17, 15) is 4.79 Å². The number of hydrogen-bond donors (Lipinski definition) is 2. The quantitative estimate of drug-likeness (QED) is 0.621. The zero-order valence-corrected chi connectivity index (χ0v) is 15.9. The van der Waals surface area contributed by atoms with Crippen LogP contribution in [0.15, 0.2) is 66.7 Å². The molecule has 4 nitrogen and oxygen atoms in total. The van der Waals surface area contributed by atoms with E-state index < -0.39 is 0 Å². The van der Waals surface area contributed by atoms with Crippen LogP contribution in [-0.4, -0.2) is 12.5 Å². The third-order valence-corrected chi connectivity index (χ3v) is 4.10. The van der Waals surface area contributed by atoms with Crippen molar-refractivity contribution in [1.82, 2.24) is 0 Å². The van der Waals surface area contributed by atoms with Crippen molar-refractivity contribution < 1.29 is 9.53 Å². The van der Waals surface area contributed by atoms with Crippen LogP contribution in [-0.2, 0) is 4.79 Å². The fourth-order valence-electron chi connectivity index (χ4n) is 2.84. The number of carbonyl (C=O) groups excluding carboxylic acids is 1. The molecular formula is C23H24N2O2. The van der Waals surface area contributed by atoms with Gasteiger partial charge in [-0.05, 0) is 68.3 Å². The minimum atomic E-state index is -0.202. The minimum Gasteiger partial charge on any atom is -0.484 e. The number of para-hydroxylation sites is 2. The smallest absolute Gasteiger partial charge is 0.262 e. The average Bonchev–Trinajstić information content (AvgIpc) is 2.63. The van der Waals surface area contributed by atoms with Crippen molar-refractivity contribution in [3.05, 3.63) is 83.4 Å². The Kier molecular flexibility index (Phi) is 5.77. The van der Waals surface area contributed by atoms with Gasteiger partial charge < -0.3 is 15.4 Å². The summed E-state index contributed by atoms with van der Waals surface area (Å²) in [5, 5.41) is 6.25. The SMILES string of the molecule is Cc1ccc(Nc2ccccc2NC(=O)COc2cc(C)cc(C)c2)cc1. The van der Waals surface area contributed by atoms with E-state index in [4.69, 9.17) is 4.74 Å². The predicted octanol–water partition coefficient (Wildman–Crippen LogP) is 5.37. The third-order valence-electron chi connectivity index (χ3n) is 4.10. The van der Waals surface area contributed by atoms with Gasteiger partial charge in [0.15, 0.2) is 6.61 Å². The Morgan fingerprint density at radius 1 is 0.815 bits per heavy atom. The average molecular weight is 360 g/mol. The molecule has 2 N–H and O–H groups in total. The van der Waals surface area contributed by atoms with E-state index in [-0.39, 0.29) is 12.5 Å². The van der Waals surface area contributed by atoms with E-state index in [1.165, 1.54) is 5.56 Å². The van der Waals surface area contributed by atoms with Gasteiger partial charge in [-0.15, -0.1) is 0 Å². The van der Waals surface area contributed by atoms with Crippen LogP contribution in [0, 0.1) is 20.8 Å². The first-order valence-electron chi connectivity index (χ1n) is 8.93. The van der Waals surface area contributed by atoms with E-state index >= 15 is 0 Å². The second-order valence-electron chi connectivity index (χ2n) is 6.70. The molecule has 27 heavy (non-hydrogen) atoms. The molecule has 0 heterocycles. The van der Waals surface area contributed by atoms with Crippen LogP contribution >= 0.6 is 0 Å². The molecule has 0 radical (unpaired) electrons. The highest BCUT2D eigenvalue weighted by atomic mass is 16.5. The molecule has 0 saturated heterocycles. The second-order valence-corrected chi connectivity index (χ2v) is 6.70. The Labute approximate surface area is 160 Å². The van der Waals surface area contributed by atoms with Gasteiger partial charge >= 0.3 is 0 Å². The summed E-state index contributed by atoms with van der Waals surface area (Å²) in [4.78, 5) is 12.3. The summed E-state index contributed by atoms with van der Waals surface area (Å²) in [5.74, 6) is 0.501. The molecule has 0 bridgehead atoms. The van der Waals surface area contributed by atoms with E-state index in [0.29, 0.717) is 11.4 Å². The fraction of sp³-hybridized carbons (Fsp3) is 0.174. The summed E-state index contributed by atoms with van der Waals surface area (Å²) in [6.07, 6.45) is 0. The second kappa shape index (κ2) is 8.41. The Morgan fingerprint density at radius 3 is 2.11 bits per heavy atom. The Morgan fingerprint density at radius 2 is 1.44 bits per heavy atom. The maximum Gasteiger partial charge on any atom is 0.262 e. The van der Waals surface area contributed by atoms with Gasteiger partial charge in [-0.3, -0.25) is 4.79 Å². The van der Waals surface area contributed by atoms with Crippen LogP contribution in [0.2, 0.25) is 0 Å². The molecule has 138 valence electrons. The van der Waals surface area contributed by atoms with Crippen molar-refractivity contribution in [3.63, 3.8) is 0 Å². The Bertz CT molecular complexity index is 913. The molecule has 3 aromatic carbocycles. The molecule has 0 spiro atoms. The van der Waals surface area contributed by atoms with Crippen molar-refractivity contribution in [2.45, 2.75) is 20.8 Å². The van der Waals surface area contributed by atoms with Crippen molar-refractivity contribution in [2.75, 3.05) is 17.2 Å². The van der Waals surface area contributed by atoms with Crippen LogP contribution < -0.4 is 15.4 Å². The molecule has 3 aromatic rings. The Hall–Kier alpha value is -3.27. The molecule has 0 aliphatic heterocycles. The van der Waals surface area contributed by atoms with Gasteiger partial charge in [0.1, 0.15) is 5.75 Å². The summed E-state index contributed by atoms with van der Waals surface area (Å²) in [6, 6.07) is 21.6. The summed E-state index contributed by atoms with van der Waals surface area (Å²) < 4.78 is 5.64. The van der Waals surface area contributed by atoms with Gasteiger partial charge in [0.05, 0.1) is 11.4 Å². The lowest BCUT2D eigenvalue weighted by atomic mass is 10.1. The largest absolute Gasteiger partial charge is 0.484 e. The van der Waals surface area contributed by atoms with Gasteiger partial charge in [0.25, 0.3) is 5.91 Å². The van der Waals surface area contributed by atoms with Crippen LogP contribution in [0.1, 0.15) is 16.7 Å². The summed E-state index contributed by atoms with van der Waals surface area (Å²) in [7, 11) is 0. The highest BCUT2D eigenvalue weighted by Crippen LogP contribution is 2.25. The Balaban J connectivity index is 1.64. The van der Waals surface area contributed by atoms with Crippen LogP contribution in [0.4, 0.5) is 17.1 Å². The monoisotopic (exact) mass is 360 g/mol. The molecule has 0 fully saturated rings. The number of benzene rings is 3. The number of ether oxygens (including phenoxy) is 1. The highest BCUT2D eigenvalue weighted by Gasteiger charge is 2.08. The van der Waals surface area contributed by atoms with Gasteiger partial charge in [0.2, 0.25) is 0 Å². The van der Waals surface area contributed by atoms with Crippen LogP contribution in [0.3, 0.4) is 0 Å². The van der Waals surface area contributed by atoms with Crippen molar-refractivity contribution >= 4 is 23.0 Å². The normalized spacial score (nSPS) is 10.3. The molecule has 0 saturated carbocycles. The molecule has 4 heteroatoms. The molecule has 0 atom stereocenters. The number of carbonyl (C=O) groups is 1. The van der Waals surface area contributed by atoms with Gasteiger partial charge in [-0.1, -0.05) is 35.9 Å². The van der Waals surface area contributed by atoms with Crippen molar-refractivity contribution in [1.29, 1.82) is 0 Å². The van der Waals surface area contributed by atoms with E-state index in [1.807, 2.05) is 81.4 Å². The van der Waals surface area contributed by atoms with Gasteiger partial charge in [-0.25, -0.2) is 0 Å². The van der Waals surface area contributed by atoms with Crippen molar-refractivity contribution in [2.24, 2.45) is 0 Å². The van der Waals surface area contributed by atoms with E-state index in [1.54, 1.807) is 0 Å². The topological polar surface area (TPSA) is 50.4 Å². The fourth-order valence-corrected chi connectivity index (χ4v) is 2.84. The number of nitrogens with one attached hydrogen (secondary N) is 2. The number of hydrogen-bond acceptors (Lipinski definition) is 3. The standard InChI is InChI=1S/C23H24N2O2/c1-16-8-10-19(11-9-16)24-21-6-4-5-7-22(21)25-23(26)15-27-20-13-17(2)12-18(3)14-20/h4-14,24H,15H2,1-3H3,(H,25,26). The summed E-state index contributed by atoms with van der Waals surface area (Å²) in [6.45, 7) is 6.02. The zero-order valence-electron chi connectivity index (χ0n) is 15.9. The van der Waals surface area contributed by atoms with Gasteiger partial charge in [-0.2, -0.15) is 0 Å². The lowest BCUT2D eigenvalue weighted by molar-refractivity contribution is -0.118. The molecular weight excluding hydrogens is 336 g/mol. The first-order chi connectivity index (χ1) is 13.0. The lowest BCUT2D eigenvalue weighted by Crippen LogP contribution is -2.20. The third kappa shape index (κ3) is 5.35. The number of anilines is 3. The van der Waals surface area contributed by atoms with Crippen LogP contribution in [0.5, 0.6) is 5.75 Å². The lowest BCUT2D eigenvalue weighted by Gasteiger charge is -2.14. The molecule has 1 amide bonds. The molecule has 0 aliphatic rings. The first-order valence-corrected chi connectivity index (χ1v) is 8.93. The number of aryl methyl sites for hydroxylation is 3. The summed E-state index contributed by atoms with van der Waals surface area (Å²) in [5.41, 5.74) is 5.93. The molecule has 0 aliphatic carbocycles. The van der Waals surface area contributed by atoms with E-state index in [0.717, 1.165) is 22.5 Å². The maximum atomic E-state index is 12.3. The number of rotatable bonds is 6. The molecule has 0 unspecified atom stereocenters.